The number of rotatable bonds is 4. The molecule has 8 heteroatoms. The molecule has 1 aliphatic rings. The van der Waals surface area contributed by atoms with Crippen LogP contribution in [0.15, 0.2) is 48.8 Å². The van der Waals surface area contributed by atoms with Crippen LogP contribution in [0.25, 0.3) is 0 Å². The first kappa shape index (κ1) is 22.3. The molecular formula is C23H27N3O5. The van der Waals surface area contributed by atoms with Crippen LogP contribution in [0.3, 0.4) is 0 Å². The number of carbonyl (C=O) groups excluding carboxylic acids is 3. The molecule has 1 aromatic heterocycles. The van der Waals surface area contributed by atoms with Crippen molar-refractivity contribution in [3.63, 3.8) is 0 Å². The molecule has 0 bridgehead atoms. The standard InChI is InChI=1S/C23H27N3O5/c1-23(2,3)31-22(29)26-14-10-19(11-15-26)30-21(28)17-4-6-18(7-5-17)25-20(27)16-8-12-24-13-9-16/h4-9,12-13,19H,10-11,14-15H2,1-3H3,(H,25,27). The van der Waals surface area contributed by atoms with Gasteiger partial charge in [-0.15, -0.1) is 0 Å². The summed E-state index contributed by atoms with van der Waals surface area (Å²) in [5, 5.41) is 2.77. The van der Waals surface area contributed by atoms with Crippen LogP contribution in [0.4, 0.5) is 10.5 Å². The molecule has 1 aliphatic heterocycles. The van der Waals surface area contributed by atoms with E-state index >= 15 is 0 Å². The number of hydrogen-bond donors (Lipinski definition) is 1. The number of ether oxygens (including phenoxy) is 2. The number of hydrogen-bond acceptors (Lipinski definition) is 6. The van der Waals surface area contributed by atoms with Crippen LogP contribution in [0, 0.1) is 0 Å². The van der Waals surface area contributed by atoms with Crippen LogP contribution in [0.2, 0.25) is 0 Å². The number of nitrogens with zero attached hydrogens (tertiary/aromatic N) is 2. The van der Waals surface area contributed by atoms with E-state index in [-0.39, 0.29) is 18.1 Å². The van der Waals surface area contributed by atoms with E-state index in [2.05, 4.69) is 10.3 Å². The molecule has 8 nitrogen and oxygen atoms in total. The summed E-state index contributed by atoms with van der Waals surface area (Å²) in [6, 6.07) is 9.77. The van der Waals surface area contributed by atoms with Crippen LogP contribution >= 0.6 is 0 Å². The quantitative estimate of drug-likeness (QED) is 0.747. The second-order valence-corrected chi connectivity index (χ2v) is 8.34. The van der Waals surface area contributed by atoms with Gasteiger partial charge in [0.1, 0.15) is 11.7 Å². The molecule has 0 aliphatic carbocycles. The highest BCUT2D eigenvalue weighted by Crippen LogP contribution is 2.19. The largest absolute Gasteiger partial charge is 0.459 e. The van der Waals surface area contributed by atoms with Crippen LogP contribution in [0.5, 0.6) is 0 Å². The van der Waals surface area contributed by atoms with Gasteiger partial charge in [-0.3, -0.25) is 9.78 Å². The number of esters is 1. The second-order valence-electron chi connectivity index (χ2n) is 8.34. The number of likely N-dealkylation sites (tertiary alicyclic amines) is 1. The molecule has 1 N–H and O–H groups in total. The van der Waals surface area contributed by atoms with Crippen LogP contribution in [-0.2, 0) is 9.47 Å². The first-order valence-electron chi connectivity index (χ1n) is 10.2. The fraction of sp³-hybridized carbons (Fsp3) is 0.391. The van der Waals surface area contributed by atoms with Gasteiger partial charge >= 0.3 is 12.1 Å². The van der Waals surface area contributed by atoms with Gasteiger partial charge in [0.25, 0.3) is 5.91 Å². The highest BCUT2D eigenvalue weighted by molar-refractivity contribution is 6.04. The topological polar surface area (TPSA) is 97.8 Å². The Hall–Kier alpha value is -3.42. The van der Waals surface area contributed by atoms with Crippen LogP contribution in [0.1, 0.15) is 54.3 Å². The molecule has 31 heavy (non-hydrogen) atoms. The van der Waals surface area contributed by atoms with Gasteiger partial charge in [0.05, 0.1) is 5.56 Å². The monoisotopic (exact) mass is 425 g/mol. The minimum atomic E-state index is -0.537. The molecule has 2 amide bonds. The fourth-order valence-corrected chi connectivity index (χ4v) is 3.10. The molecule has 3 rings (SSSR count). The predicted molar refractivity (Wildman–Crippen MR) is 115 cm³/mol. The number of carbonyl (C=O) groups is 3. The van der Waals surface area contributed by atoms with Gasteiger partial charge in [-0.1, -0.05) is 0 Å². The van der Waals surface area contributed by atoms with Crippen molar-refractivity contribution in [2.24, 2.45) is 0 Å². The van der Waals surface area contributed by atoms with E-state index in [4.69, 9.17) is 9.47 Å². The number of pyridine rings is 1. The lowest BCUT2D eigenvalue weighted by atomic mass is 10.1. The Morgan fingerprint density at radius 3 is 2.16 bits per heavy atom. The summed E-state index contributed by atoms with van der Waals surface area (Å²) in [5.41, 5.74) is 0.932. The Balaban J connectivity index is 1.48. The summed E-state index contributed by atoms with van der Waals surface area (Å²) in [6.07, 6.45) is 3.62. The third-order valence-corrected chi connectivity index (χ3v) is 4.69. The first-order valence-corrected chi connectivity index (χ1v) is 10.2. The summed E-state index contributed by atoms with van der Waals surface area (Å²) >= 11 is 0. The molecule has 1 saturated heterocycles. The molecular weight excluding hydrogens is 398 g/mol. The Morgan fingerprint density at radius 2 is 1.58 bits per heavy atom. The lowest BCUT2D eigenvalue weighted by Gasteiger charge is -2.33. The SMILES string of the molecule is CC(C)(C)OC(=O)N1CCC(OC(=O)c2ccc(NC(=O)c3ccncc3)cc2)CC1. The number of benzene rings is 1. The smallest absolute Gasteiger partial charge is 0.410 e. The van der Waals surface area contributed by atoms with Gasteiger partial charge in [-0.25, -0.2) is 9.59 Å². The minimum absolute atomic E-state index is 0.253. The predicted octanol–water partition coefficient (Wildman–Crippen LogP) is 3.89. The van der Waals surface area contributed by atoms with E-state index in [0.29, 0.717) is 42.7 Å². The molecule has 1 aromatic carbocycles. The first-order chi connectivity index (χ1) is 14.7. The van der Waals surface area contributed by atoms with E-state index < -0.39 is 11.6 Å². The van der Waals surface area contributed by atoms with Crippen molar-refractivity contribution in [2.75, 3.05) is 18.4 Å². The van der Waals surface area contributed by atoms with Crippen molar-refractivity contribution >= 4 is 23.7 Å². The van der Waals surface area contributed by atoms with Crippen LogP contribution in [-0.4, -0.2) is 52.6 Å². The molecule has 164 valence electrons. The van der Waals surface area contributed by atoms with Crippen molar-refractivity contribution in [3.05, 3.63) is 59.9 Å². The van der Waals surface area contributed by atoms with Crippen molar-refractivity contribution in [1.29, 1.82) is 0 Å². The highest BCUT2D eigenvalue weighted by Gasteiger charge is 2.28. The lowest BCUT2D eigenvalue weighted by Crippen LogP contribution is -2.43. The van der Waals surface area contributed by atoms with Gasteiger partial charge in [-0.05, 0) is 57.2 Å². The van der Waals surface area contributed by atoms with Crippen molar-refractivity contribution in [2.45, 2.75) is 45.3 Å². The molecule has 0 spiro atoms. The zero-order valence-electron chi connectivity index (χ0n) is 18.0. The van der Waals surface area contributed by atoms with Gasteiger partial charge in [0, 0.05) is 49.6 Å². The Morgan fingerprint density at radius 1 is 0.968 bits per heavy atom. The van der Waals surface area contributed by atoms with Gasteiger partial charge < -0.3 is 19.7 Å². The molecule has 0 radical (unpaired) electrons. The third kappa shape index (κ3) is 6.53. The minimum Gasteiger partial charge on any atom is -0.459 e. The zero-order valence-corrected chi connectivity index (χ0v) is 18.0. The fourth-order valence-electron chi connectivity index (χ4n) is 3.10. The third-order valence-electron chi connectivity index (χ3n) is 4.69. The number of piperidine rings is 1. The summed E-state index contributed by atoms with van der Waals surface area (Å²) in [6.45, 7) is 6.44. The molecule has 1 fully saturated rings. The Labute approximate surface area is 181 Å². The number of nitrogens with one attached hydrogen (secondary N) is 1. The highest BCUT2D eigenvalue weighted by atomic mass is 16.6. The Kier molecular flexibility index (Phi) is 6.89. The van der Waals surface area contributed by atoms with Crippen molar-refractivity contribution in [3.8, 4) is 0 Å². The molecule has 0 unspecified atom stereocenters. The Bertz CT molecular complexity index is 914. The maximum Gasteiger partial charge on any atom is 0.410 e. The maximum atomic E-state index is 12.4. The van der Waals surface area contributed by atoms with Crippen molar-refractivity contribution < 1.29 is 23.9 Å². The molecule has 0 atom stereocenters. The average Bonchev–Trinajstić information content (AvgIpc) is 2.74. The zero-order chi connectivity index (χ0) is 22.4. The average molecular weight is 425 g/mol. The normalized spacial score (nSPS) is 14.6. The van der Waals surface area contributed by atoms with Gasteiger partial charge in [-0.2, -0.15) is 0 Å². The summed E-state index contributed by atoms with van der Waals surface area (Å²) in [5.74, 6) is -0.683. The summed E-state index contributed by atoms with van der Waals surface area (Å²) < 4.78 is 11.0. The van der Waals surface area contributed by atoms with Gasteiger partial charge in [0.15, 0.2) is 0 Å². The van der Waals surface area contributed by atoms with E-state index in [0.717, 1.165) is 0 Å². The van der Waals surface area contributed by atoms with E-state index in [9.17, 15) is 14.4 Å². The van der Waals surface area contributed by atoms with E-state index in [1.807, 2.05) is 20.8 Å². The summed E-state index contributed by atoms with van der Waals surface area (Å²) in [4.78, 5) is 42.3. The second kappa shape index (κ2) is 9.59. The van der Waals surface area contributed by atoms with Gasteiger partial charge in [0.2, 0.25) is 0 Å². The number of aromatic nitrogens is 1. The number of anilines is 1. The van der Waals surface area contributed by atoms with E-state index in [1.165, 1.54) is 0 Å². The lowest BCUT2D eigenvalue weighted by molar-refractivity contribution is -0.00341. The molecule has 0 saturated carbocycles. The van der Waals surface area contributed by atoms with Crippen LogP contribution < -0.4 is 5.32 Å². The number of amides is 2. The van der Waals surface area contributed by atoms with E-state index in [1.54, 1.807) is 53.7 Å². The summed E-state index contributed by atoms with van der Waals surface area (Å²) in [7, 11) is 0. The molecule has 2 aromatic rings. The molecule has 2 heterocycles. The maximum absolute atomic E-state index is 12.4. The van der Waals surface area contributed by atoms with Crippen molar-refractivity contribution in [1.82, 2.24) is 9.88 Å².